The second kappa shape index (κ2) is 3.08. The molecule has 16 heavy (non-hydrogen) atoms. The maximum atomic E-state index is 13.5. The van der Waals surface area contributed by atoms with Crippen molar-refractivity contribution in [2.24, 2.45) is 5.73 Å². The summed E-state index contributed by atoms with van der Waals surface area (Å²) < 4.78 is 19.0. The number of nitrogens with two attached hydrogens (primary N) is 1. The molecule has 3 heteroatoms. The molecule has 0 saturated heterocycles. The van der Waals surface area contributed by atoms with Crippen molar-refractivity contribution >= 4 is 11.0 Å². The lowest BCUT2D eigenvalue weighted by Crippen LogP contribution is -2.31. The summed E-state index contributed by atoms with van der Waals surface area (Å²) in [5, 5.41) is 0.821. The van der Waals surface area contributed by atoms with Crippen LogP contribution in [0.1, 0.15) is 25.3 Å². The second-order valence-corrected chi connectivity index (χ2v) is 4.74. The smallest absolute Gasteiger partial charge is 0.137 e. The molecule has 0 spiro atoms. The molecule has 1 unspecified atom stereocenters. The van der Waals surface area contributed by atoms with E-state index in [0.29, 0.717) is 0 Å². The molecule has 84 valence electrons. The van der Waals surface area contributed by atoms with Gasteiger partial charge in [-0.2, -0.15) is 0 Å². The fourth-order valence-corrected chi connectivity index (χ4v) is 2.52. The number of hydrogen-bond acceptors (Lipinski definition) is 2. The van der Waals surface area contributed by atoms with Gasteiger partial charge in [-0.25, -0.2) is 4.39 Å². The van der Waals surface area contributed by atoms with E-state index in [-0.39, 0.29) is 17.3 Å². The van der Waals surface area contributed by atoms with Crippen LogP contribution in [0.4, 0.5) is 4.39 Å². The van der Waals surface area contributed by atoms with Gasteiger partial charge in [0.1, 0.15) is 11.4 Å². The van der Waals surface area contributed by atoms with E-state index < -0.39 is 0 Å². The Morgan fingerprint density at radius 2 is 2.19 bits per heavy atom. The van der Waals surface area contributed by atoms with E-state index in [1.807, 2.05) is 6.92 Å². The van der Waals surface area contributed by atoms with E-state index in [1.54, 1.807) is 18.4 Å². The Hall–Kier alpha value is -1.35. The van der Waals surface area contributed by atoms with Crippen molar-refractivity contribution in [1.29, 1.82) is 0 Å². The van der Waals surface area contributed by atoms with E-state index in [4.69, 9.17) is 10.2 Å². The van der Waals surface area contributed by atoms with E-state index in [2.05, 4.69) is 0 Å². The van der Waals surface area contributed by atoms with Crippen LogP contribution >= 0.6 is 0 Å². The van der Waals surface area contributed by atoms with E-state index >= 15 is 0 Å². The molecule has 0 radical (unpaired) electrons. The molecule has 1 fully saturated rings. The van der Waals surface area contributed by atoms with Gasteiger partial charge in [0.05, 0.1) is 6.26 Å². The topological polar surface area (TPSA) is 39.2 Å². The Labute approximate surface area is 93.2 Å². The molecule has 1 heterocycles. The van der Waals surface area contributed by atoms with Gasteiger partial charge in [-0.1, -0.05) is 0 Å². The molecule has 1 aromatic carbocycles. The van der Waals surface area contributed by atoms with Crippen molar-refractivity contribution in [2.75, 3.05) is 0 Å². The molecule has 0 amide bonds. The van der Waals surface area contributed by atoms with Gasteiger partial charge in [0.2, 0.25) is 0 Å². The fraction of sp³-hybridized carbons (Fsp3) is 0.385. The predicted octanol–water partition coefficient (Wildman–Crippen LogP) is 2.95. The third kappa shape index (κ3) is 1.21. The van der Waals surface area contributed by atoms with Crippen molar-refractivity contribution in [1.82, 2.24) is 0 Å². The highest BCUT2D eigenvalue weighted by atomic mass is 19.1. The average Bonchev–Trinajstić information content (AvgIpc) is 2.91. The Morgan fingerprint density at radius 3 is 2.81 bits per heavy atom. The van der Waals surface area contributed by atoms with Crippen LogP contribution in [0.2, 0.25) is 0 Å². The SMILES string of the molecule is CC(N)C1(c2cc(F)cc3ccoc23)CC1. The zero-order valence-corrected chi connectivity index (χ0v) is 9.16. The highest BCUT2D eigenvalue weighted by Gasteiger charge is 2.49. The molecule has 0 aliphatic heterocycles. The maximum absolute atomic E-state index is 13.5. The Balaban J connectivity index is 2.26. The minimum Gasteiger partial charge on any atom is -0.464 e. The van der Waals surface area contributed by atoms with E-state index in [9.17, 15) is 4.39 Å². The van der Waals surface area contributed by atoms with Gasteiger partial charge in [-0.05, 0) is 38.0 Å². The lowest BCUT2D eigenvalue weighted by atomic mass is 9.88. The molecule has 1 aromatic heterocycles. The molecule has 1 aliphatic carbocycles. The molecule has 1 aliphatic rings. The quantitative estimate of drug-likeness (QED) is 0.843. The lowest BCUT2D eigenvalue weighted by Gasteiger charge is -2.20. The van der Waals surface area contributed by atoms with Crippen LogP contribution in [0.5, 0.6) is 0 Å². The minimum atomic E-state index is -0.212. The van der Waals surface area contributed by atoms with Gasteiger partial charge in [0.15, 0.2) is 0 Å². The van der Waals surface area contributed by atoms with Crippen molar-refractivity contribution in [3.63, 3.8) is 0 Å². The van der Waals surface area contributed by atoms with E-state index in [0.717, 1.165) is 29.4 Å². The highest BCUT2D eigenvalue weighted by Crippen LogP contribution is 2.52. The summed E-state index contributed by atoms with van der Waals surface area (Å²) in [6.07, 6.45) is 3.64. The number of furan rings is 1. The van der Waals surface area contributed by atoms with Crippen LogP contribution < -0.4 is 5.73 Å². The Morgan fingerprint density at radius 1 is 1.44 bits per heavy atom. The molecular weight excluding hydrogens is 205 g/mol. The molecule has 2 aromatic rings. The molecule has 0 bridgehead atoms. The first-order valence-corrected chi connectivity index (χ1v) is 5.56. The zero-order valence-electron chi connectivity index (χ0n) is 9.16. The number of rotatable bonds is 2. The van der Waals surface area contributed by atoms with Crippen LogP contribution in [0.15, 0.2) is 28.9 Å². The van der Waals surface area contributed by atoms with Crippen LogP contribution in [0.25, 0.3) is 11.0 Å². The predicted molar refractivity (Wildman–Crippen MR) is 60.7 cm³/mol. The number of benzene rings is 1. The van der Waals surface area contributed by atoms with Crippen molar-refractivity contribution < 1.29 is 8.81 Å². The maximum Gasteiger partial charge on any atom is 0.137 e. The third-order valence-corrected chi connectivity index (χ3v) is 3.71. The summed E-state index contributed by atoms with van der Waals surface area (Å²) in [5.74, 6) is -0.212. The highest BCUT2D eigenvalue weighted by molar-refractivity contribution is 5.82. The summed E-state index contributed by atoms with van der Waals surface area (Å²) in [6.45, 7) is 1.98. The van der Waals surface area contributed by atoms with Gasteiger partial charge in [0.25, 0.3) is 0 Å². The number of hydrogen-bond donors (Lipinski definition) is 1. The first-order valence-electron chi connectivity index (χ1n) is 5.56. The lowest BCUT2D eigenvalue weighted by molar-refractivity contribution is 0.534. The summed E-state index contributed by atoms with van der Waals surface area (Å²) >= 11 is 0. The van der Waals surface area contributed by atoms with Crippen molar-refractivity contribution in [3.8, 4) is 0 Å². The van der Waals surface area contributed by atoms with Crippen LogP contribution in [0.3, 0.4) is 0 Å². The Bertz CT molecular complexity index is 540. The molecule has 3 rings (SSSR count). The summed E-state index contributed by atoms with van der Waals surface area (Å²) in [4.78, 5) is 0. The normalized spacial score (nSPS) is 19.9. The standard InChI is InChI=1S/C13H14FNO/c1-8(15)13(3-4-13)11-7-10(14)6-9-2-5-16-12(9)11/h2,5-8H,3-4,15H2,1H3. The monoisotopic (exact) mass is 219 g/mol. The number of halogens is 1. The first kappa shape index (κ1) is 9.85. The van der Waals surface area contributed by atoms with Gasteiger partial charge >= 0.3 is 0 Å². The largest absolute Gasteiger partial charge is 0.464 e. The van der Waals surface area contributed by atoms with Crippen LogP contribution in [0, 0.1) is 5.82 Å². The van der Waals surface area contributed by atoms with Crippen molar-refractivity contribution in [2.45, 2.75) is 31.2 Å². The summed E-state index contributed by atoms with van der Waals surface area (Å²) in [5.41, 5.74) is 7.66. The summed E-state index contributed by atoms with van der Waals surface area (Å²) in [7, 11) is 0. The number of fused-ring (bicyclic) bond motifs is 1. The molecular formula is C13H14FNO. The molecule has 1 saturated carbocycles. The van der Waals surface area contributed by atoms with Gasteiger partial charge in [0, 0.05) is 22.4 Å². The van der Waals surface area contributed by atoms with Gasteiger partial charge < -0.3 is 10.2 Å². The average molecular weight is 219 g/mol. The minimum absolute atomic E-state index is 0.0302. The molecule has 2 nitrogen and oxygen atoms in total. The third-order valence-electron chi connectivity index (χ3n) is 3.71. The van der Waals surface area contributed by atoms with Crippen LogP contribution in [-0.4, -0.2) is 6.04 Å². The van der Waals surface area contributed by atoms with Gasteiger partial charge in [-0.3, -0.25) is 0 Å². The zero-order chi connectivity index (χ0) is 11.3. The second-order valence-electron chi connectivity index (χ2n) is 4.74. The summed E-state index contributed by atoms with van der Waals surface area (Å²) in [6, 6.07) is 4.89. The van der Waals surface area contributed by atoms with E-state index in [1.165, 1.54) is 6.07 Å². The molecule has 2 N–H and O–H groups in total. The van der Waals surface area contributed by atoms with Crippen molar-refractivity contribution in [3.05, 3.63) is 35.8 Å². The van der Waals surface area contributed by atoms with Gasteiger partial charge in [-0.15, -0.1) is 0 Å². The van der Waals surface area contributed by atoms with Crippen LogP contribution in [-0.2, 0) is 5.41 Å². The fourth-order valence-electron chi connectivity index (χ4n) is 2.52. The first-order chi connectivity index (χ1) is 7.63. The molecule has 1 atom stereocenters. The Kier molecular flexibility index (Phi) is 1.89.